The van der Waals surface area contributed by atoms with E-state index in [1.54, 1.807) is 38.6 Å². The molecule has 2 aromatic rings. The largest absolute Gasteiger partial charge is 0.493 e. The van der Waals surface area contributed by atoms with E-state index >= 15 is 0 Å². The Morgan fingerprint density at radius 1 is 1.13 bits per heavy atom. The predicted octanol–water partition coefficient (Wildman–Crippen LogP) is 4.75. The Balaban J connectivity index is 2.07. The van der Waals surface area contributed by atoms with Crippen molar-refractivity contribution in [1.82, 2.24) is 0 Å². The Morgan fingerprint density at radius 2 is 1.87 bits per heavy atom. The molecule has 4 nitrogen and oxygen atoms in total. The first-order valence-corrected chi connectivity index (χ1v) is 7.88. The minimum absolute atomic E-state index is 0.0245. The first-order valence-electron chi connectivity index (χ1n) is 7.09. The van der Waals surface area contributed by atoms with Gasteiger partial charge in [-0.2, -0.15) is 0 Å². The normalized spacial score (nSPS) is 10.8. The highest BCUT2D eigenvalue weighted by Gasteiger charge is 2.09. The zero-order chi connectivity index (χ0) is 16.8. The molecule has 0 radical (unpaired) electrons. The van der Waals surface area contributed by atoms with Gasteiger partial charge in [0.05, 0.1) is 19.9 Å². The number of aryl methyl sites for hydroxylation is 1. The number of ether oxygens (including phenoxy) is 2. The first kappa shape index (κ1) is 17.2. The van der Waals surface area contributed by atoms with Gasteiger partial charge in [-0.25, -0.2) is 0 Å². The number of carbonyl (C=O) groups is 1. The molecule has 5 heteroatoms. The van der Waals surface area contributed by atoms with E-state index in [0.717, 1.165) is 15.7 Å². The van der Waals surface area contributed by atoms with Crippen LogP contribution in [0.1, 0.15) is 22.3 Å². The van der Waals surface area contributed by atoms with Gasteiger partial charge < -0.3 is 9.47 Å². The van der Waals surface area contributed by atoms with Crippen LogP contribution in [0.2, 0.25) is 0 Å². The summed E-state index contributed by atoms with van der Waals surface area (Å²) >= 11 is 3.45. The van der Waals surface area contributed by atoms with Gasteiger partial charge in [0.15, 0.2) is 17.3 Å². The smallest absolute Gasteiger partial charge is 0.168 e. The Labute approximate surface area is 144 Å². The van der Waals surface area contributed by atoms with Crippen molar-refractivity contribution in [1.29, 1.82) is 0 Å². The van der Waals surface area contributed by atoms with Crippen molar-refractivity contribution in [3.8, 4) is 11.5 Å². The number of halogens is 1. The van der Waals surface area contributed by atoms with Crippen LogP contribution >= 0.6 is 15.9 Å². The Kier molecular flexibility index (Phi) is 5.93. The topological polar surface area (TPSA) is 47.9 Å². The molecule has 0 saturated carbocycles. The van der Waals surface area contributed by atoms with Crippen LogP contribution in [0.3, 0.4) is 0 Å². The highest BCUT2D eigenvalue weighted by Crippen LogP contribution is 2.28. The molecule has 0 heterocycles. The molecule has 0 saturated heterocycles. The van der Waals surface area contributed by atoms with Gasteiger partial charge in [-0.3, -0.25) is 9.79 Å². The highest BCUT2D eigenvalue weighted by molar-refractivity contribution is 9.10. The third-order valence-corrected chi connectivity index (χ3v) is 4.25. The molecule has 0 aliphatic rings. The van der Waals surface area contributed by atoms with Gasteiger partial charge in [0.2, 0.25) is 0 Å². The highest BCUT2D eigenvalue weighted by atomic mass is 79.9. The second-order valence-corrected chi connectivity index (χ2v) is 5.80. The van der Waals surface area contributed by atoms with Crippen molar-refractivity contribution < 1.29 is 14.3 Å². The summed E-state index contributed by atoms with van der Waals surface area (Å²) in [5.41, 5.74) is 2.50. The maximum absolute atomic E-state index is 12.2. The number of methoxy groups -OCH3 is 2. The molecule has 23 heavy (non-hydrogen) atoms. The minimum Gasteiger partial charge on any atom is -0.493 e. The van der Waals surface area contributed by atoms with E-state index in [0.29, 0.717) is 17.1 Å². The molecular weight excluding hydrogens is 358 g/mol. The van der Waals surface area contributed by atoms with E-state index in [-0.39, 0.29) is 12.2 Å². The maximum atomic E-state index is 12.2. The Morgan fingerprint density at radius 3 is 2.52 bits per heavy atom. The van der Waals surface area contributed by atoms with Crippen molar-refractivity contribution in [2.45, 2.75) is 13.3 Å². The first-order chi connectivity index (χ1) is 11.0. The summed E-state index contributed by atoms with van der Waals surface area (Å²) in [6.45, 7) is 2.00. The molecule has 2 aromatic carbocycles. The molecule has 0 fully saturated rings. The summed E-state index contributed by atoms with van der Waals surface area (Å²) in [4.78, 5) is 16.6. The summed E-state index contributed by atoms with van der Waals surface area (Å²) in [7, 11) is 3.11. The number of ketones is 1. The molecule has 0 spiro atoms. The quantitative estimate of drug-likeness (QED) is 0.540. The van der Waals surface area contributed by atoms with E-state index in [1.807, 2.05) is 25.1 Å². The van der Waals surface area contributed by atoms with Crippen LogP contribution in [0.5, 0.6) is 11.5 Å². The number of hydrogen-bond donors (Lipinski definition) is 0. The van der Waals surface area contributed by atoms with Gasteiger partial charge in [-0.15, -0.1) is 0 Å². The van der Waals surface area contributed by atoms with Crippen LogP contribution in [-0.2, 0) is 0 Å². The number of carbonyl (C=O) groups excluding carboxylic acids is 1. The van der Waals surface area contributed by atoms with Gasteiger partial charge >= 0.3 is 0 Å². The standard InChI is InChI=1S/C18H18BrNO3/c1-12-10-14(5-6-15(12)19)20-9-8-16(21)13-4-7-17(22-2)18(11-13)23-3/h4-7,9-11H,8H2,1-3H3. The van der Waals surface area contributed by atoms with Crippen molar-refractivity contribution >= 4 is 33.6 Å². The Hall–Kier alpha value is -2.14. The fourth-order valence-electron chi connectivity index (χ4n) is 2.07. The van der Waals surface area contributed by atoms with Gasteiger partial charge in [0.25, 0.3) is 0 Å². The molecule has 0 amide bonds. The lowest BCUT2D eigenvalue weighted by atomic mass is 10.1. The SMILES string of the molecule is COc1ccc(C(=O)CC=Nc2ccc(Br)c(C)c2)cc1OC. The van der Waals surface area contributed by atoms with Crippen LogP contribution in [0.4, 0.5) is 5.69 Å². The molecule has 0 bridgehead atoms. The number of hydrogen-bond acceptors (Lipinski definition) is 4. The summed E-state index contributed by atoms with van der Waals surface area (Å²) in [5, 5.41) is 0. The van der Waals surface area contributed by atoms with Crippen LogP contribution in [0.15, 0.2) is 45.9 Å². The second-order valence-electron chi connectivity index (χ2n) is 4.94. The minimum atomic E-state index is -0.0245. The van der Waals surface area contributed by atoms with Gasteiger partial charge in [0, 0.05) is 22.7 Å². The molecule has 0 atom stereocenters. The molecule has 0 aliphatic heterocycles. The monoisotopic (exact) mass is 375 g/mol. The maximum Gasteiger partial charge on any atom is 0.168 e. The van der Waals surface area contributed by atoms with Crippen LogP contribution < -0.4 is 9.47 Å². The zero-order valence-electron chi connectivity index (χ0n) is 13.3. The van der Waals surface area contributed by atoms with E-state index in [2.05, 4.69) is 20.9 Å². The van der Waals surface area contributed by atoms with Gasteiger partial charge in [-0.1, -0.05) is 15.9 Å². The molecule has 120 valence electrons. The number of benzene rings is 2. The fourth-order valence-corrected chi connectivity index (χ4v) is 2.32. The van der Waals surface area contributed by atoms with E-state index in [9.17, 15) is 4.79 Å². The second kappa shape index (κ2) is 7.92. The number of nitrogens with zero attached hydrogens (tertiary/aromatic N) is 1. The average molecular weight is 376 g/mol. The van der Waals surface area contributed by atoms with Crippen molar-refractivity contribution in [3.63, 3.8) is 0 Å². The van der Waals surface area contributed by atoms with Gasteiger partial charge in [-0.05, 0) is 48.9 Å². The van der Waals surface area contributed by atoms with E-state index < -0.39 is 0 Å². The third kappa shape index (κ3) is 4.42. The number of Topliss-reactive ketones (excluding diaryl/α,β-unsaturated/α-hetero) is 1. The molecule has 0 aromatic heterocycles. The molecule has 0 aliphatic carbocycles. The third-order valence-electron chi connectivity index (χ3n) is 3.36. The average Bonchev–Trinajstić information content (AvgIpc) is 2.57. The fraction of sp³-hybridized carbons (Fsp3) is 0.222. The van der Waals surface area contributed by atoms with Crippen molar-refractivity contribution in [2.24, 2.45) is 4.99 Å². The van der Waals surface area contributed by atoms with Crippen LogP contribution in [0, 0.1) is 6.92 Å². The summed E-state index contributed by atoms with van der Waals surface area (Å²) < 4.78 is 11.4. The molecule has 0 unspecified atom stereocenters. The lowest BCUT2D eigenvalue weighted by Gasteiger charge is -2.08. The van der Waals surface area contributed by atoms with E-state index in [1.165, 1.54) is 0 Å². The predicted molar refractivity (Wildman–Crippen MR) is 95.5 cm³/mol. The molecular formula is C18H18BrNO3. The van der Waals surface area contributed by atoms with Crippen LogP contribution in [0.25, 0.3) is 0 Å². The Bertz CT molecular complexity index is 741. The molecule has 2 rings (SSSR count). The zero-order valence-corrected chi connectivity index (χ0v) is 14.9. The van der Waals surface area contributed by atoms with Crippen LogP contribution in [-0.4, -0.2) is 26.2 Å². The number of aliphatic imine (C=N–C) groups is 1. The summed E-state index contributed by atoms with van der Waals surface area (Å²) in [5.74, 6) is 1.12. The lowest BCUT2D eigenvalue weighted by molar-refractivity contribution is 0.100. The van der Waals surface area contributed by atoms with Crippen molar-refractivity contribution in [3.05, 3.63) is 52.0 Å². The molecule has 0 N–H and O–H groups in total. The summed E-state index contributed by atoms with van der Waals surface area (Å²) in [6, 6.07) is 10.9. The summed E-state index contributed by atoms with van der Waals surface area (Å²) in [6.07, 6.45) is 1.85. The number of rotatable bonds is 6. The lowest BCUT2D eigenvalue weighted by Crippen LogP contribution is -2.01. The van der Waals surface area contributed by atoms with Crippen molar-refractivity contribution in [2.75, 3.05) is 14.2 Å². The van der Waals surface area contributed by atoms with E-state index in [4.69, 9.17) is 9.47 Å². The van der Waals surface area contributed by atoms with Gasteiger partial charge in [0.1, 0.15) is 0 Å².